The second kappa shape index (κ2) is 15.7. The van der Waals surface area contributed by atoms with Gasteiger partial charge in [0.15, 0.2) is 11.5 Å². The Balaban J connectivity index is 1.28. The standard InChI is InChI=1S/C66H74BN3O/c1-61(2,3)41-22-26-46(27-23-41)69-53-30-24-42(62(4,5)6)34-51(53)67-52-35-44(64(10,11)12)37-58-60(52)70(54-31-25-43(63(7,8)9)36-57(54)71-58)56-40-48(39-55(69)59(56)67)68(45-20-18-17-19-21-45)47-28-29-49-50(38-47)66(15,16)33-32-65(49,13)14/h17-31,34-40H,32-33H2,1-16H3. The van der Waals surface area contributed by atoms with E-state index < -0.39 is 0 Å². The average molecular weight is 936 g/mol. The number of benzene rings is 7. The van der Waals surface area contributed by atoms with Crippen LogP contribution in [-0.4, -0.2) is 6.71 Å². The molecule has 4 aliphatic rings. The van der Waals surface area contributed by atoms with E-state index in [0.29, 0.717) is 0 Å². The molecule has 0 saturated carbocycles. The van der Waals surface area contributed by atoms with Crippen LogP contribution in [0.2, 0.25) is 0 Å². The van der Waals surface area contributed by atoms with Gasteiger partial charge in [0, 0.05) is 34.1 Å². The fourth-order valence-corrected chi connectivity index (χ4v) is 11.9. The van der Waals surface area contributed by atoms with Crippen molar-refractivity contribution in [3.05, 3.63) is 167 Å². The van der Waals surface area contributed by atoms with Gasteiger partial charge < -0.3 is 19.4 Å². The SMILES string of the molecule is CC(C)(C)c1ccc(N2c3ccc(C(C)(C)C)cc3B3c4cc(C(C)(C)C)cc5c4N(c4ccc(C(C)(C)C)cc4O5)c4cc(N(c5ccccc5)c5ccc6c(c5)C(C)(C)CCC6(C)C)cc2c43)cc1. The van der Waals surface area contributed by atoms with Crippen LogP contribution in [0.25, 0.3) is 0 Å². The van der Waals surface area contributed by atoms with E-state index in [2.05, 4.69) is 259 Å². The lowest BCUT2D eigenvalue weighted by Crippen LogP contribution is -2.62. The minimum atomic E-state index is -0.124. The zero-order chi connectivity index (χ0) is 50.5. The second-order valence-corrected chi connectivity index (χ2v) is 26.7. The quantitative estimate of drug-likeness (QED) is 0.164. The minimum absolute atomic E-state index is 0.0156. The molecule has 3 heterocycles. The number of fused-ring (bicyclic) bond motifs is 7. The zero-order valence-corrected chi connectivity index (χ0v) is 45.4. The van der Waals surface area contributed by atoms with E-state index >= 15 is 0 Å². The average Bonchev–Trinajstić information content (AvgIpc) is 3.30. The molecular formula is C66H74BN3O. The van der Waals surface area contributed by atoms with Gasteiger partial charge in [-0.15, -0.1) is 0 Å². The fourth-order valence-electron chi connectivity index (χ4n) is 11.9. The van der Waals surface area contributed by atoms with Gasteiger partial charge in [-0.3, -0.25) is 0 Å². The Morgan fingerprint density at radius 3 is 1.59 bits per heavy atom. The summed E-state index contributed by atoms with van der Waals surface area (Å²) in [5.74, 6) is 1.80. The number of hydrogen-bond acceptors (Lipinski definition) is 4. The lowest BCUT2D eigenvalue weighted by molar-refractivity contribution is 0.332. The molecule has 7 aromatic rings. The molecule has 0 atom stereocenters. The van der Waals surface area contributed by atoms with E-state index in [4.69, 9.17) is 4.74 Å². The molecule has 11 rings (SSSR count). The summed E-state index contributed by atoms with van der Waals surface area (Å²) in [6.07, 6.45) is 2.33. The molecule has 3 aliphatic heterocycles. The first-order valence-electron chi connectivity index (χ1n) is 26.2. The van der Waals surface area contributed by atoms with Gasteiger partial charge >= 0.3 is 0 Å². The summed E-state index contributed by atoms with van der Waals surface area (Å²) in [7, 11) is 0. The first-order valence-corrected chi connectivity index (χ1v) is 26.2. The maximum atomic E-state index is 7.29. The number of anilines is 9. The van der Waals surface area contributed by atoms with Crippen LogP contribution >= 0.6 is 0 Å². The Morgan fingerprint density at radius 1 is 0.437 bits per heavy atom. The predicted molar refractivity (Wildman–Crippen MR) is 305 cm³/mol. The molecule has 0 fully saturated rings. The van der Waals surface area contributed by atoms with Crippen LogP contribution in [0.15, 0.2) is 133 Å². The molecule has 5 heteroatoms. The van der Waals surface area contributed by atoms with Crippen LogP contribution in [0, 0.1) is 0 Å². The van der Waals surface area contributed by atoms with Crippen molar-refractivity contribution >= 4 is 74.3 Å². The Morgan fingerprint density at radius 2 is 0.972 bits per heavy atom. The lowest BCUT2D eigenvalue weighted by atomic mass is 9.33. The summed E-state index contributed by atoms with van der Waals surface area (Å²) in [6, 6.07) is 51.9. The van der Waals surface area contributed by atoms with E-state index in [0.717, 1.165) is 46.4 Å². The van der Waals surface area contributed by atoms with E-state index in [1.165, 1.54) is 78.9 Å². The Labute approximate surface area is 426 Å². The van der Waals surface area contributed by atoms with E-state index in [1.807, 2.05) is 0 Å². The van der Waals surface area contributed by atoms with Crippen molar-refractivity contribution in [1.82, 2.24) is 0 Å². The number of nitrogens with zero attached hydrogens (tertiary/aromatic N) is 3. The molecule has 0 aromatic heterocycles. The number of para-hydroxylation sites is 1. The van der Waals surface area contributed by atoms with Gasteiger partial charge in [0.2, 0.25) is 0 Å². The van der Waals surface area contributed by atoms with Crippen LogP contribution in [0.3, 0.4) is 0 Å². The zero-order valence-electron chi connectivity index (χ0n) is 45.4. The molecule has 1 aliphatic carbocycles. The number of rotatable bonds is 4. The van der Waals surface area contributed by atoms with Crippen molar-refractivity contribution in [3.63, 3.8) is 0 Å². The van der Waals surface area contributed by atoms with Crippen molar-refractivity contribution in [2.75, 3.05) is 14.7 Å². The van der Waals surface area contributed by atoms with Gasteiger partial charge in [0.25, 0.3) is 6.71 Å². The number of ether oxygens (including phenoxy) is 1. The highest BCUT2D eigenvalue weighted by Gasteiger charge is 2.48. The van der Waals surface area contributed by atoms with E-state index in [9.17, 15) is 0 Å². The summed E-state index contributed by atoms with van der Waals surface area (Å²) in [5, 5.41) is 0. The van der Waals surface area contributed by atoms with Crippen LogP contribution in [-0.2, 0) is 32.5 Å². The van der Waals surface area contributed by atoms with Gasteiger partial charge in [0.1, 0.15) is 0 Å². The van der Waals surface area contributed by atoms with E-state index in [1.54, 1.807) is 0 Å². The lowest BCUT2D eigenvalue weighted by Gasteiger charge is -2.47. The molecule has 71 heavy (non-hydrogen) atoms. The monoisotopic (exact) mass is 936 g/mol. The van der Waals surface area contributed by atoms with Crippen LogP contribution in [0.5, 0.6) is 11.5 Å². The highest BCUT2D eigenvalue weighted by Crippen LogP contribution is 2.56. The molecule has 362 valence electrons. The molecule has 7 aromatic carbocycles. The van der Waals surface area contributed by atoms with Crippen LogP contribution in [0.4, 0.5) is 51.2 Å². The minimum Gasteiger partial charge on any atom is -0.453 e. The summed E-state index contributed by atoms with van der Waals surface area (Å²) >= 11 is 0. The van der Waals surface area contributed by atoms with Crippen molar-refractivity contribution in [2.24, 2.45) is 0 Å². The smallest absolute Gasteiger partial charge is 0.252 e. The van der Waals surface area contributed by atoms with Gasteiger partial charge in [0.05, 0.1) is 17.1 Å². The summed E-state index contributed by atoms with van der Waals surface area (Å²) in [5.41, 5.74) is 22.2. The molecule has 0 saturated heterocycles. The third-order valence-corrected chi connectivity index (χ3v) is 16.5. The Hall–Kier alpha value is -6.20. The highest BCUT2D eigenvalue weighted by atomic mass is 16.5. The number of hydrogen-bond donors (Lipinski definition) is 0. The maximum Gasteiger partial charge on any atom is 0.252 e. The normalized spacial score (nSPS) is 16.3. The van der Waals surface area contributed by atoms with E-state index in [-0.39, 0.29) is 39.2 Å². The first kappa shape index (κ1) is 47.1. The Kier molecular flexibility index (Phi) is 10.4. The maximum absolute atomic E-state index is 7.29. The Bertz CT molecular complexity index is 3280. The summed E-state index contributed by atoms with van der Waals surface area (Å²) in [4.78, 5) is 7.67. The van der Waals surface area contributed by atoms with Crippen molar-refractivity contribution in [1.29, 1.82) is 0 Å². The van der Waals surface area contributed by atoms with Crippen molar-refractivity contribution < 1.29 is 4.74 Å². The first-order chi connectivity index (χ1) is 33.2. The summed E-state index contributed by atoms with van der Waals surface area (Å²) < 4.78 is 7.29. The highest BCUT2D eigenvalue weighted by molar-refractivity contribution is 7.00. The molecule has 4 nitrogen and oxygen atoms in total. The van der Waals surface area contributed by atoms with Crippen LogP contribution < -0.4 is 35.8 Å². The molecule has 0 unspecified atom stereocenters. The molecular weight excluding hydrogens is 862 g/mol. The topological polar surface area (TPSA) is 19.0 Å². The third-order valence-electron chi connectivity index (χ3n) is 16.5. The molecule has 0 spiro atoms. The molecule has 0 radical (unpaired) electrons. The predicted octanol–water partition coefficient (Wildman–Crippen LogP) is 16.9. The van der Waals surface area contributed by atoms with Gasteiger partial charge in [-0.2, -0.15) is 0 Å². The third kappa shape index (κ3) is 7.71. The summed E-state index contributed by atoms with van der Waals surface area (Å²) in [6.45, 7) is 37.5. The fraction of sp³-hybridized carbons (Fsp3) is 0.364. The second-order valence-electron chi connectivity index (χ2n) is 26.7. The van der Waals surface area contributed by atoms with Gasteiger partial charge in [-0.1, -0.05) is 171 Å². The molecule has 0 amide bonds. The van der Waals surface area contributed by atoms with Crippen LogP contribution in [0.1, 0.15) is 157 Å². The van der Waals surface area contributed by atoms with Crippen molar-refractivity contribution in [3.8, 4) is 11.5 Å². The molecule has 0 N–H and O–H groups in total. The van der Waals surface area contributed by atoms with Gasteiger partial charge in [-0.25, -0.2) is 0 Å². The van der Waals surface area contributed by atoms with Crippen molar-refractivity contribution in [2.45, 2.75) is 156 Å². The van der Waals surface area contributed by atoms with Gasteiger partial charge in [-0.05, 0) is 168 Å². The molecule has 0 bridgehead atoms. The largest absolute Gasteiger partial charge is 0.453 e.